The summed E-state index contributed by atoms with van der Waals surface area (Å²) in [6.07, 6.45) is 0. The fourth-order valence-corrected chi connectivity index (χ4v) is 1.24. The Bertz CT molecular complexity index is 408. The number of carboxylic acids is 1. The minimum atomic E-state index is -1.43. The molecular formula is C10H12FNO4. The van der Waals surface area contributed by atoms with Gasteiger partial charge in [-0.1, -0.05) is 0 Å². The average Bonchev–Trinajstić information content (AvgIpc) is 2.27. The van der Waals surface area contributed by atoms with Crippen molar-refractivity contribution in [1.82, 2.24) is 0 Å². The van der Waals surface area contributed by atoms with Crippen molar-refractivity contribution < 1.29 is 23.8 Å². The summed E-state index contributed by atoms with van der Waals surface area (Å²) in [5, 5.41) is 8.69. The fourth-order valence-electron chi connectivity index (χ4n) is 1.24. The van der Waals surface area contributed by atoms with Crippen LogP contribution < -0.4 is 15.2 Å². The van der Waals surface area contributed by atoms with Gasteiger partial charge in [0.05, 0.1) is 14.2 Å². The van der Waals surface area contributed by atoms with Crippen molar-refractivity contribution in [3.05, 3.63) is 23.5 Å². The Balaban J connectivity index is 3.26. The predicted molar refractivity (Wildman–Crippen MR) is 54.1 cm³/mol. The van der Waals surface area contributed by atoms with Crippen LogP contribution in [0, 0.1) is 5.82 Å². The van der Waals surface area contributed by atoms with E-state index in [1.165, 1.54) is 20.3 Å². The van der Waals surface area contributed by atoms with Gasteiger partial charge in [-0.2, -0.15) is 0 Å². The quantitative estimate of drug-likeness (QED) is 0.802. The Hall–Kier alpha value is -1.82. The van der Waals surface area contributed by atoms with Crippen LogP contribution in [-0.2, 0) is 4.79 Å². The van der Waals surface area contributed by atoms with Gasteiger partial charge in [-0.25, -0.2) is 4.39 Å². The zero-order chi connectivity index (χ0) is 12.3. The zero-order valence-corrected chi connectivity index (χ0v) is 8.86. The van der Waals surface area contributed by atoms with Gasteiger partial charge in [0.2, 0.25) is 0 Å². The third kappa shape index (κ3) is 2.22. The highest BCUT2D eigenvalue weighted by Gasteiger charge is 2.21. The molecule has 0 aliphatic rings. The first-order valence-corrected chi connectivity index (χ1v) is 4.41. The topological polar surface area (TPSA) is 81.8 Å². The summed E-state index contributed by atoms with van der Waals surface area (Å²) in [4.78, 5) is 10.6. The third-order valence-corrected chi connectivity index (χ3v) is 2.10. The van der Waals surface area contributed by atoms with Gasteiger partial charge in [-0.3, -0.25) is 4.79 Å². The number of halogens is 1. The minimum Gasteiger partial charge on any atom is -0.493 e. The molecule has 0 aliphatic carbocycles. The second-order valence-corrected chi connectivity index (χ2v) is 3.04. The molecule has 0 amide bonds. The van der Waals surface area contributed by atoms with Crippen molar-refractivity contribution in [2.24, 2.45) is 5.73 Å². The molecule has 0 radical (unpaired) electrons. The number of benzene rings is 1. The van der Waals surface area contributed by atoms with E-state index in [1.54, 1.807) is 0 Å². The molecule has 0 saturated heterocycles. The van der Waals surface area contributed by atoms with E-state index in [0.717, 1.165) is 6.07 Å². The van der Waals surface area contributed by atoms with Gasteiger partial charge in [0, 0.05) is 11.6 Å². The molecule has 0 aliphatic heterocycles. The molecule has 1 rings (SSSR count). The van der Waals surface area contributed by atoms with Crippen molar-refractivity contribution >= 4 is 5.97 Å². The van der Waals surface area contributed by atoms with E-state index >= 15 is 0 Å². The molecule has 3 N–H and O–H groups in total. The summed E-state index contributed by atoms with van der Waals surface area (Å²) in [6, 6.07) is 0.823. The molecule has 0 saturated carbocycles. The Kier molecular flexibility index (Phi) is 3.68. The van der Waals surface area contributed by atoms with E-state index in [4.69, 9.17) is 20.3 Å². The van der Waals surface area contributed by atoms with Crippen LogP contribution in [0.2, 0.25) is 0 Å². The van der Waals surface area contributed by atoms with Crippen molar-refractivity contribution in [2.75, 3.05) is 14.2 Å². The zero-order valence-electron chi connectivity index (χ0n) is 8.86. The predicted octanol–water partition coefficient (Wildman–Crippen LogP) is 0.927. The molecule has 0 aromatic heterocycles. The fraction of sp³-hybridized carbons (Fsp3) is 0.300. The summed E-state index contributed by atoms with van der Waals surface area (Å²) < 4.78 is 23.3. The van der Waals surface area contributed by atoms with Crippen molar-refractivity contribution in [2.45, 2.75) is 6.04 Å². The lowest BCUT2D eigenvalue weighted by molar-refractivity contribution is -0.138. The van der Waals surface area contributed by atoms with Crippen LogP contribution >= 0.6 is 0 Å². The SMILES string of the molecule is COc1cc(F)c([C@H](N)C(=O)O)cc1OC. The Morgan fingerprint density at radius 1 is 1.38 bits per heavy atom. The van der Waals surface area contributed by atoms with Crippen molar-refractivity contribution in [3.8, 4) is 11.5 Å². The van der Waals surface area contributed by atoms with Gasteiger partial charge < -0.3 is 20.3 Å². The first kappa shape index (κ1) is 12.3. The molecule has 0 spiro atoms. The van der Waals surface area contributed by atoms with Crippen molar-refractivity contribution in [3.63, 3.8) is 0 Å². The number of rotatable bonds is 4. The molecule has 6 heteroatoms. The minimum absolute atomic E-state index is 0.148. The first-order valence-electron chi connectivity index (χ1n) is 4.41. The summed E-state index contributed by atoms with van der Waals surface area (Å²) in [5.74, 6) is -1.64. The van der Waals surface area contributed by atoms with Gasteiger partial charge in [-0.15, -0.1) is 0 Å². The molecule has 0 fully saturated rings. The number of ether oxygens (including phenoxy) is 2. The Morgan fingerprint density at radius 3 is 2.31 bits per heavy atom. The van der Waals surface area contributed by atoms with Gasteiger partial charge in [0.15, 0.2) is 11.5 Å². The molecule has 5 nitrogen and oxygen atoms in total. The van der Waals surface area contributed by atoms with E-state index in [1.807, 2.05) is 0 Å². The molecule has 1 aromatic rings. The molecular weight excluding hydrogens is 217 g/mol. The highest BCUT2D eigenvalue weighted by Crippen LogP contribution is 2.31. The van der Waals surface area contributed by atoms with Crippen LogP contribution in [0.25, 0.3) is 0 Å². The summed E-state index contributed by atoms with van der Waals surface area (Å²) in [7, 11) is 2.72. The highest BCUT2D eigenvalue weighted by atomic mass is 19.1. The van der Waals surface area contributed by atoms with E-state index in [9.17, 15) is 9.18 Å². The number of carbonyl (C=O) groups is 1. The number of hydrogen-bond acceptors (Lipinski definition) is 4. The monoisotopic (exact) mass is 229 g/mol. The number of nitrogens with two attached hydrogens (primary N) is 1. The van der Waals surface area contributed by atoms with Crippen LogP contribution in [0.1, 0.15) is 11.6 Å². The number of carboxylic acid groups (broad SMARTS) is 1. The number of methoxy groups -OCH3 is 2. The first-order chi connectivity index (χ1) is 7.51. The van der Waals surface area contributed by atoms with Crippen LogP contribution in [0.15, 0.2) is 12.1 Å². The molecule has 16 heavy (non-hydrogen) atoms. The second-order valence-electron chi connectivity index (χ2n) is 3.04. The van der Waals surface area contributed by atoms with Gasteiger partial charge >= 0.3 is 5.97 Å². The largest absolute Gasteiger partial charge is 0.493 e. The van der Waals surface area contributed by atoms with E-state index < -0.39 is 17.8 Å². The average molecular weight is 229 g/mol. The Labute approximate surface area is 91.6 Å². The van der Waals surface area contributed by atoms with E-state index in [2.05, 4.69) is 0 Å². The third-order valence-electron chi connectivity index (χ3n) is 2.10. The Morgan fingerprint density at radius 2 is 1.88 bits per heavy atom. The molecule has 0 bridgehead atoms. The molecule has 0 unspecified atom stereocenters. The summed E-state index contributed by atoms with van der Waals surface area (Å²) in [5.41, 5.74) is 5.17. The smallest absolute Gasteiger partial charge is 0.325 e. The van der Waals surface area contributed by atoms with E-state index in [-0.39, 0.29) is 17.1 Å². The normalized spacial score (nSPS) is 12.0. The maximum Gasteiger partial charge on any atom is 0.325 e. The lowest BCUT2D eigenvalue weighted by Gasteiger charge is -2.13. The van der Waals surface area contributed by atoms with E-state index in [0.29, 0.717) is 0 Å². The summed E-state index contributed by atoms with van der Waals surface area (Å²) >= 11 is 0. The molecule has 1 atom stereocenters. The molecule has 88 valence electrons. The highest BCUT2D eigenvalue weighted by molar-refractivity contribution is 5.75. The maximum absolute atomic E-state index is 13.5. The molecule has 0 heterocycles. The maximum atomic E-state index is 13.5. The van der Waals surface area contributed by atoms with Gasteiger partial charge in [-0.05, 0) is 6.07 Å². The van der Waals surface area contributed by atoms with Gasteiger partial charge in [0.25, 0.3) is 0 Å². The van der Waals surface area contributed by atoms with Crippen LogP contribution in [0.5, 0.6) is 11.5 Å². The lowest BCUT2D eigenvalue weighted by atomic mass is 10.1. The van der Waals surface area contributed by atoms with Gasteiger partial charge in [0.1, 0.15) is 11.9 Å². The van der Waals surface area contributed by atoms with Crippen LogP contribution in [-0.4, -0.2) is 25.3 Å². The lowest BCUT2D eigenvalue weighted by Crippen LogP contribution is -2.22. The second kappa shape index (κ2) is 4.80. The van der Waals surface area contributed by atoms with Crippen molar-refractivity contribution in [1.29, 1.82) is 0 Å². The number of aliphatic carboxylic acids is 1. The summed E-state index contributed by atoms with van der Waals surface area (Å²) in [6.45, 7) is 0. The van der Waals surface area contributed by atoms with Crippen LogP contribution in [0.4, 0.5) is 4.39 Å². The standard InChI is InChI=1S/C10H12FNO4/c1-15-7-3-5(9(12)10(13)14)6(11)4-8(7)16-2/h3-4,9H,12H2,1-2H3,(H,13,14)/t9-/m0/s1. The molecule has 1 aromatic carbocycles. The number of hydrogen-bond donors (Lipinski definition) is 2. The van der Waals surface area contributed by atoms with Crippen LogP contribution in [0.3, 0.4) is 0 Å².